The quantitative estimate of drug-likeness (QED) is 0.901. The summed E-state index contributed by atoms with van der Waals surface area (Å²) in [5, 5.41) is 3.19. The molecule has 0 amide bonds. The Morgan fingerprint density at radius 2 is 2.10 bits per heavy atom. The maximum Gasteiger partial charge on any atom is 0.401 e. The molecule has 1 aliphatic heterocycles. The lowest BCUT2D eigenvalue weighted by Crippen LogP contribution is -2.45. The lowest BCUT2D eigenvalue weighted by molar-refractivity contribution is -0.147. The monoisotopic (exact) mass is 288 g/mol. The van der Waals surface area contributed by atoms with E-state index in [1.165, 1.54) is 4.90 Å². The molecule has 0 fully saturated rings. The van der Waals surface area contributed by atoms with Crippen molar-refractivity contribution in [2.45, 2.75) is 25.6 Å². The molecule has 0 saturated carbocycles. The topological polar surface area (TPSA) is 24.5 Å². The second kappa shape index (κ2) is 6.35. The summed E-state index contributed by atoms with van der Waals surface area (Å²) >= 11 is 0. The van der Waals surface area contributed by atoms with Crippen LogP contribution in [0.1, 0.15) is 13.3 Å². The normalized spacial score (nSPS) is 18.4. The molecule has 2 rings (SSSR count). The number of halogens is 3. The number of alkyl halides is 3. The van der Waals surface area contributed by atoms with Crippen LogP contribution in [0, 0.1) is 0 Å². The SMILES string of the molecule is CCCN(CC1CNc2ccccc2O1)CC(F)(F)F. The summed E-state index contributed by atoms with van der Waals surface area (Å²) in [6.07, 6.45) is -3.75. The third-order valence-electron chi connectivity index (χ3n) is 3.11. The molecule has 0 saturated heterocycles. The average molecular weight is 288 g/mol. The Morgan fingerprint density at radius 1 is 1.35 bits per heavy atom. The number of hydrogen-bond donors (Lipinski definition) is 1. The van der Waals surface area contributed by atoms with Crippen LogP contribution in [0.5, 0.6) is 5.75 Å². The fourth-order valence-corrected chi connectivity index (χ4v) is 2.35. The number of fused-ring (bicyclic) bond motifs is 1. The van der Waals surface area contributed by atoms with Crippen molar-refractivity contribution in [2.24, 2.45) is 0 Å². The number of benzene rings is 1. The van der Waals surface area contributed by atoms with Crippen LogP contribution in [0.25, 0.3) is 0 Å². The average Bonchev–Trinajstić information content (AvgIpc) is 2.37. The van der Waals surface area contributed by atoms with Crippen molar-refractivity contribution in [1.29, 1.82) is 0 Å². The predicted molar refractivity (Wildman–Crippen MR) is 72.1 cm³/mol. The van der Waals surface area contributed by atoms with E-state index < -0.39 is 12.7 Å². The van der Waals surface area contributed by atoms with E-state index in [0.29, 0.717) is 25.3 Å². The fourth-order valence-electron chi connectivity index (χ4n) is 2.35. The van der Waals surface area contributed by atoms with E-state index in [2.05, 4.69) is 5.32 Å². The summed E-state index contributed by atoms with van der Waals surface area (Å²) in [6, 6.07) is 7.46. The molecule has 1 aromatic rings. The number of para-hydroxylation sites is 2. The Bertz CT molecular complexity index is 437. The van der Waals surface area contributed by atoms with Crippen LogP contribution in [0.4, 0.5) is 18.9 Å². The van der Waals surface area contributed by atoms with E-state index in [1.54, 1.807) is 0 Å². The molecule has 1 aromatic carbocycles. The first-order valence-electron chi connectivity index (χ1n) is 6.76. The van der Waals surface area contributed by atoms with Crippen LogP contribution in [-0.4, -0.2) is 43.4 Å². The molecule has 3 nitrogen and oxygen atoms in total. The van der Waals surface area contributed by atoms with Crippen molar-refractivity contribution in [3.05, 3.63) is 24.3 Å². The molecule has 0 aromatic heterocycles. The van der Waals surface area contributed by atoms with Crippen molar-refractivity contribution in [3.8, 4) is 5.75 Å². The van der Waals surface area contributed by atoms with Gasteiger partial charge in [-0.2, -0.15) is 13.2 Å². The molecule has 0 bridgehead atoms. The van der Waals surface area contributed by atoms with Gasteiger partial charge in [0.2, 0.25) is 0 Å². The van der Waals surface area contributed by atoms with Crippen LogP contribution in [0.3, 0.4) is 0 Å². The highest BCUT2D eigenvalue weighted by Crippen LogP contribution is 2.28. The van der Waals surface area contributed by atoms with E-state index in [0.717, 1.165) is 5.69 Å². The first kappa shape index (κ1) is 15.0. The molecule has 1 atom stereocenters. The van der Waals surface area contributed by atoms with Crippen LogP contribution in [-0.2, 0) is 0 Å². The van der Waals surface area contributed by atoms with Crippen molar-refractivity contribution in [3.63, 3.8) is 0 Å². The van der Waals surface area contributed by atoms with Gasteiger partial charge >= 0.3 is 6.18 Å². The lowest BCUT2D eigenvalue weighted by atomic mass is 10.2. The van der Waals surface area contributed by atoms with Gasteiger partial charge in [-0.15, -0.1) is 0 Å². The minimum absolute atomic E-state index is 0.265. The second-order valence-corrected chi connectivity index (χ2v) is 4.97. The zero-order chi connectivity index (χ0) is 14.6. The highest BCUT2D eigenvalue weighted by atomic mass is 19.4. The van der Waals surface area contributed by atoms with Gasteiger partial charge in [0.25, 0.3) is 0 Å². The number of rotatable bonds is 5. The van der Waals surface area contributed by atoms with Crippen molar-refractivity contribution >= 4 is 5.69 Å². The summed E-state index contributed by atoms with van der Waals surface area (Å²) in [6.45, 7) is 2.20. The third kappa shape index (κ3) is 4.30. The van der Waals surface area contributed by atoms with Crippen molar-refractivity contribution in [2.75, 3.05) is 31.5 Å². The summed E-state index contributed by atoms with van der Waals surface area (Å²) in [7, 11) is 0. The number of nitrogens with zero attached hydrogens (tertiary/aromatic N) is 1. The Labute approximate surface area is 116 Å². The first-order chi connectivity index (χ1) is 9.48. The van der Waals surface area contributed by atoms with Crippen molar-refractivity contribution < 1.29 is 17.9 Å². The largest absolute Gasteiger partial charge is 0.485 e. The van der Waals surface area contributed by atoms with E-state index >= 15 is 0 Å². The molecule has 1 unspecified atom stereocenters. The lowest BCUT2D eigenvalue weighted by Gasteiger charge is -2.32. The smallest absolute Gasteiger partial charge is 0.401 e. The van der Waals surface area contributed by atoms with Crippen molar-refractivity contribution in [1.82, 2.24) is 4.90 Å². The van der Waals surface area contributed by atoms with Gasteiger partial charge in [-0.3, -0.25) is 4.90 Å². The minimum atomic E-state index is -4.17. The molecular formula is C14H19F3N2O. The summed E-state index contributed by atoms with van der Waals surface area (Å²) < 4.78 is 43.3. The molecular weight excluding hydrogens is 269 g/mol. The van der Waals surface area contributed by atoms with Gasteiger partial charge < -0.3 is 10.1 Å². The maximum atomic E-state index is 12.5. The zero-order valence-electron chi connectivity index (χ0n) is 11.4. The summed E-state index contributed by atoms with van der Waals surface area (Å²) in [4.78, 5) is 1.40. The standard InChI is InChI=1S/C14H19F3N2O/c1-2-7-19(10-14(15,16)17)9-11-8-18-12-5-3-4-6-13(12)20-11/h3-6,11,18H,2,7-10H2,1H3. The number of hydrogen-bond acceptors (Lipinski definition) is 3. The maximum absolute atomic E-state index is 12.5. The highest BCUT2D eigenvalue weighted by Gasteiger charge is 2.32. The van der Waals surface area contributed by atoms with Gasteiger partial charge in [0, 0.05) is 6.54 Å². The number of anilines is 1. The van der Waals surface area contributed by atoms with E-state index in [-0.39, 0.29) is 12.6 Å². The molecule has 0 spiro atoms. The number of nitrogens with one attached hydrogen (secondary N) is 1. The fraction of sp³-hybridized carbons (Fsp3) is 0.571. The van der Waals surface area contributed by atoms with Crippen LogP contribution >= 0.6 is 0 Å². The second-order valence-electron chi connectivity index (χ2n) is 4.97. The molecule has 20 heavy (non-hydrogen) atoms. The Balaban J connectivity index is 1.95. The predicted octanol–water partition coefficient (Wildman–Crippen LogP) is 3.13. The van der Waals surface area contributed by atoms with Gasteiger partial charge in [-0.25, -0.2) is 0 Å². The number of ether oxygens (including phenoxy) is 1. The van der Waals surface area contributed by atoms with Crippen LogP contribution < -0.4 is 10.1 Å². The molecule has 6 heteroatoms. The third-order valence-corrected chi connectivity index (χ3v) is 3.11. The minimum Gasteiger partial charge on any atom is -0.485 e. The van der Waals surface area contributed by atoms with Gasteiger partial charge in [0.1, 0.15) is 11.9 Å². The highest BCUT2D eigenvalue weighted by molar-refractivity contribution is 5.57. The molecule has 0 radical (unpaired) electrons. The van der Waals surface area contributed by atoms with Gasteiger partial charge in [-0.1, -0.05) is 19.1 Å². The summed E-state index contributed by atoms with van der Waals surface area (Å²) in [5.41, 5.74) is 0.890. The van der Waals surface area contributed by atoms with Gasteiger partial charge in [0.15, 0.2) is 0 Å². The molecule has 1 N–H and O–H groups in total. The van der Waals surface area contributed by atoms with Crippen LogP contribution in [0.15, 0.2) is 24.3 Å². The summed E-state index contributed by atoms with van der Waals surface area (Å²) in [5.74, 6) is 0.701. The Morgan fingerprint density at radius 3 is 2.80 bits per heavy atom. The zero-order valence-corrected chi connectivity index (χ0v) is 11.4. The molecule has 1 heterocycles. The van der Waals surface area contributed by atoms with E-state index in [4.69, 9.17) is 4.74 Å². The van der Waals surface area contributed by atoms with E-state index in [1.807, 2.05) is 31.2 Å². The Kier molecular flexibility index (Phi) is 4.75. The van der Waals surface area contributed by atoms with Crippen LogP contribution in [0.2, 0.25) is 0 Å². The molecule has 1 aliphatic rings. The molecule has 112 valence electrons. The van der Waals surface area contributed by atoms with Gasteiger partial charge in [-0.05, 0) is 25.1 Å². The molecule has 0 aliphatic carbocycles. The Hall–Kier alpha value is -1.43. The van der Waals surface area contributed by atoms with Gasteiger partial charge in [0.05, 0.1) is 18.8 Å². The first-order valence-corrected chi connectivity index (χ1v) is 6.76. The van der Waals surface area contributed by atoms with E-state index in [9.17, 15) is 13.2 Å².